The SMILES string of the molecule is c1ccc(-c2cc(NC3CC3)n[nH]2)nc1. The third-order valence-electron chi connectivity index (χ3n) is 2.45. The molecule has 2 N–H and O–H groups in total. The molecule has 0 aromatic carbocycles. The number of nitrogens with one attached hydrogen (secondary N) is 2. The lowest BCUT2D eigenvalue weighted by Crippen LogP contribution is -2.00. The fourth-order valence-electron chi connectivity index (χ4n) is 1.49. The van der Waals surface area contributed by atoms with Gasteiger partial charge in [0.1, 0.15) is 5.82 Å². The summed E-state index contributed by atoms with van der Waals surface area (Å²) < 4.78 is 0. The molecule has 2 aromatic rings. The molecule has 4 heteroatoms. The van der Waals surface area contributed by atoms with Crippen molar-refractivity contribution in [3.05, 3.63) is 30.5 Å². The third-order valence-corrected chi connectivity index (χ3v) is 2.45. The van der Waals surface area contributed by atoms with Gasteiger partial charge < -0.3 is 5.32 Å². The van der Waals surface area contributed by atoms with Crippen LogP contribution in [-0.2, 0) is 0 Å². The van der Waals surface area contributed by atoms with E-state index in [2.05, 4.69) is 20.5 Å². The van der Waals surface area contributed by atoms with Gasteiger partial charge in [0.2, 0.25) is 0 Å². The van der Waals surface area contributed by atoms with E-state index < -0.39 is 0 Å². The number of nitrogens with zero attached hydrogens (tertiary/aromatic N) is 2. The van der Waals surface area contributed by atoms with Crippen molar-refractivity contribution in [3.8, 4) is 11.4 Å². The highest BCUT2D eigenvalue weighted by molar-refractivity contribution is 5.58. The molecule has 0 spiro atoms. The topological polar surface area (TPSA) is 53.6 Å². The van der Waals surface area contributed by atoms with Crippen LogP contribution in [0.1, 0.15) is 12.8 Å². The molecular formula is C11H12N4. The molecule has 0 saturated heterocycles. The normalized spacial score (nSPS) is 15.2. The number of pyridine rings is 1. The quantitative estimate of drug-likeness (QED) is 0.797. The van der Waals surface area contributed by atoms with Crippen LogP contribution >= 0.6 is 0 Å². The van der Waals surface area contributed by atoms with Crippen molar-refractivity contribution < 1.29 is 0 Å². The summed E-state index contributed by atoms with van der Waals surface area (Å²) in [7, 11) is 0. The molecule has 0 aliphatic heterocycles. The van der Waals surface area contributed by atoms with Crippen LogP contribution in [0.5, 0.6) is 0 Å². The Morgan fingerprint density at radius 3 is 3.00 bits per heavy atom. The van der Waals surface area contributed by atoms with E-state index in [4.69, 9.17) is 0 Å². The minimum atomic E-state index is 0.630. The van der Waals surface area contributed by atoms with Crippen molar-refractivity contribution in [1.29, 1.82) is 0 Å². The van der Waals surface area contributed by atoms with Gasteiger partial charge >= 0.3 is 0 Å². The number of anilines is 1. The van der Waals surface area contributed by atoms with E-state index in [0.29, 0.717) is 6.04 Å². The molecule has 4 nitrogen and oxygen atoms in total. The average molecular weight is 200 g/mol. The minimum Gasteiger partial charge on any atom is -0.366 e. The first-order chi connectivity index (χ1) is 7.42. The predicted octanol–water partition coefficient (Wildman–Crippen LogP) is 2.05. The van der Waals surface area contributed by atoms with Gasteiger partial charge in [0, 0.05) is 18.3 Å². The zero-order valence-electron chi connectivity index (χ0n) is 8.27. The molecule has 1 aliphatic rings. The molecule has 3 rings (SSSR count). The lowest BCUT2D eigenvalue weighted by Gasteiger charge is -1.95. The molecule has 76 valence electrons. The molecule has 2 aromatic heterocycles. The highest BCUT2D eigenvalue weighted by Crippen LogP contribution is 2.25. The number of hydrogen-bond donors (Lipinski definition) is 2. The van der Waals surface area contributed by atoms with E-state index in [1.165, 1.54) is 12.8 Å². The Morgan fingerprint density at radius 2 is 2.27 bits per heavy atom. The first kappa shape index (κ1) is 8.47. The van der Waals surface area contributed by atoms with Crippen molar-refractivity contribution in [2.75, 3.05) is 5.32 Å². The molecule has 2 heterocycles. The van der Waals surface area contributed by atoms with Crippen molar-refractivity contribution in [1.82, 2.24) is 15.2 Å². The standard InChI is InChI=1S/C11H12N4/c1-2-6-12-9(3-1)10-7-11(15-14-10)13-8-4-5-8/h1-3,6-8H,4-5H2,(H2,13,14,15). The second kappa shape index (κ2) is 3.38. The van der Waals surface area contributed by atoms with Crippen LogP contribution in [0.2, 0.25) is 0 Å². The van der Waals surface area contributed by atoms with Gasteiger partial charge in [-0.3, -0.25) is 10.1 Å². The molecule has 1 fully saturated rings. The summed E-state index contributed by atoms with van der Waals surface area (Å²) in [5.41, 5.74) is 1.88. The second-order valence-corrected chi connectivity index (χ2v) is 3.80. The van der Waals surface area contributed by atoms with Crippen LogP contribution in [0, 0.1) is 0 Å². The number of H-pyrrole nitrogens is 1. The van der Waals surface area contributed by atoms with Gasteiger partial charge in [-0.15, -0.1) is 0 Å². The monoisotopic (exact) mass is 200 g/mol. The average Bonchev–Trinajstić information content (AvgIpc) is 2.96. The summed E-state index contributed by atoms with van der Waals surface area (Å²) >= 11 is 0. The molecule has 0 unspecified atom stereocenters. The lowest BCUT2D eigenvalue weighted by atomic mass is 10.3. The summed E-state index contributed by atoms with van der Waals surface area (Å²) in [4.78, 5) is 4.26. The van der Waals surface area contributed by atoms with Gasteiger partial charge in [-0.2, -0.15) is 5.10 Å². The molecule has 1 aliphatic carbocycles. The zero-order chi connectivity index (χ0) is 10.1. The largest absolute Gasteiger partial charge is 0.366 e. The highest BCUT2D eigenvalue weighted by Gasteiger charge is 2.21. The molecule has 0 amide bonds. The van der Waals surface area contributed by atoms with Gasteiger partial charge in [0.05, 0.1) is 11.4 Å². The summed E-state index contributed by atoms with van der Waals surface area (Å²) in [5.74, 6) is 0.915. The fourth-order valence-corrected chi connectivity index (χ4v) is 1.49. The zero-order valence-corrected chi connectivity index (χ0v) is 8.27. The van der Waals surface area contributed by atoms with Gasteiger partial charge in [-0.1, -0.05) is 6.07 Å². The van der Waals surface area contributed by atoms with E-state index in [1.807, 2.05) is 24.3 Å². The maximum absolute atomic E-state index is 4.26. The summed E-state index contributed by atoms with van der Waals surface area (Å²) in [6.07, 6.45) is 4.29. The fraction of sp³-hybridized carbons (Fsp3) is 0.273. The van der Waals surface area contributed by atoms with Gasteiger partial charge in [0.25, 0.3) is 0 Å². The lowest BCUT2D eigenvalue weighted by molar-refractivity contribution is 1.05. The van der Waals surface area contributed by atoms with Crippen molar-refractivity contribution >= 4 is 5.82 Å². The Hall–Kier alpha value is -1.84. The van der Waals surface area contributed by atoms with E-state index in [9.17, 15) is 0 Å². The Balaban J connectivity index is 1.83. The summed E-state index contributed by atoms with van der Waals surface area (Å²) in [6, 6.07) is 8.47. The molecule has 0 atom stereocenters. The predicted molar refractivity (Wildman–Crippen MR) is 58.5 cm³/mol. The first-order valence-electron chi connectivity index (χ1n) is 5.15. The van der Waals surface area contributed by atoms with E-state index >= 15 is 0 Å². The highest BCUT2D eigenvalue weighted by atomic mass is 15.2. The maximum Gasteiger partial charge on any atom is 0.148 e. The van der Waals surface area contributed by atoms with Crippen LogP contribution in [0.4, 0.5) is 5.82 Å². The van der Waals surface area contributed by atoms with Crippen LogP contribution in [0.3, 0.4) is 0 Å². The van der Waals surface area contributed by atoms with E-state index in [1.54, 1.807) is 6.20 Å². The number of rotatable bonds is 3. The second-order valence-electron chi connectivity index (χ2n) is 3.80. The smallest absolute Gasteiger partial charge is 0.148 e. The van der Waals surface area contributed by atoms with Crippen molar-refractivity contribution in [3.63, 3.8) is 0 Å². The molecule has 1 saturated carbocycles. The molecular weight excluding hydrogens is 188 g/mol. The minimum absolute atomic E-state index is 0.630. The Labute approximate surface area is 87.7 Å². The van der Waals surface area contributed by atoms with Crippen LogP contribution in [0.25, 0.3) is 11.4 Å². The first-order valence-corrected chi connectivity index (χ1v) is 5.15. The Morgan fingerprint density at radius 1 is 1.33 bits per heavy atom. The summed E-state index contributed by atoms with van der Waals surface area (Å²) in [5, 5.41) is 10.5. The third kappa shape index (κ3) is 1.83. The Bertz CT molecular complexity index is 445. The van der Waals surface area contributed by atoms with Crippen LogP contribution in [-0.4, -0.2) is 21.2 Å². The molecule has 0 bridgehead atoms. The number of aromatic amines is 1. The summed E-state index contributed by atoms with van der Waals surface area (Å²) in [6.45, 7) is 0. The molecule has 0 radical (unpaired) electrons. The number of hydrogen-bond acceptors (Lipinski definition) is 3. The van der Waals surface area contributed by atoms with E-state index in [0.717, 1.165) is 17.2 Å². The van der Waals surface area contributed by atoms with Crippen LogP contribution < -0.4 is 5.32 Å². The van der Waals surface area contributed by atoms with Crippen LogP contribution in [0.15, 0.2) is 30.5 Å². The van der Waals surface area contributed by atoms with Crippen molar-refractivity contribution in [2.45, 2.75) is 18.9 Å². The van der Waals surface area contributed by atoms with Gasteiger partial charge in [-0.25, -0.2) is 0 Å². The Kier molecular flexibility index (Phi) is 1.91. The maximum atomic E-state index is 4.26. The molecule has 15 heavy (non-hydrogen) atoms. The number of aromatic nitrogens is 3. The van der Waals surface area contributed by atoms with Gasteiger partial charge in [0.15, 0.2) is 0 Å². The van der Waals surface area contributed by atoms with Gasteiger partial charge in [-0.05, 0) is 25.0 Å². The van der Waals surface area contributed by atoms with E-state index in [-0.39, 0.29) is 0 Å². The van der Waals surface area contributed by atoms with Crippen molar-refractivity contribution in [2.24, 2.45) is 0 Å².